The predicted molar refractivity (Wildman–Crippen MR) is 82.0 cm³/mol. The van der Waals surface area contributed by atoms with Gasteiger partial charge in [0.15, 0.2) is 0 Å². The average Bonchev–Trinajstić information content (AvgIpc) is 2.88. The van der Waals surface area contributed by atoms with E-state index in [1.165, 1.54) is 6.07 Å². The molecular weight excluding hydrogens is 278 g/mol. The number of hydrogen-bond donors (Lipinski definition) is 0. The minimum Gasteiger partial charge on any atom is -0.451 e. The molecule has 0 aliphatic carbocycles. The zero-order valence-corrected chi connectivity index (χ0v) is 13.0. The fraction of sp³-hybridized carbons (Fsp3) is 0.353. The molecule has 0 saturated heterocycles. The number of rotatable bonds is 5. The average molecular weight is 297 g/mol. The van der Waals surface area contributed by atoms with E-state index in [1.54, 1.807) is 24.0 Å². The van der Waals surface area contributed by atoms with Crippen molar-refractivity contribution in [2.24, 2.45) is 13.0 Å². The van der Waals surface area contributed by atoms with Gasteiger partial charge in [0, 0.05) is 19.4 Å². The van der Waals surface area contributed by atoms with Crippen LogP contribution in [-0.2, 0) is 11.8 Å². The summed E-state index contributed by atoms with van der Waals surface area (Å²) in [4.78, 5) is 16.7. The first-order valence-corrected chi connectivity index (χ1v) is 7.19. The molecule has 0 radical (unpaired) electrons. The second kappa shape index (κ2) is 6.90. The Bertz CT molecular complexity index is 684. The third kappa shape index (κ3) is 3.73. The van der Waals surface area contributed by atoms with Gasteiger partial charge < -0.3 is 9.30 Å². The maximum absolute atomic E-state index is 12.4. The Kier molecular flexibility index (Phi) is 4.95. The van der Waals surface area contributed by atoms with Gasteiger partial charge in [0.25, 0.3) is 0 Å². The van der Waals surface area contributed by atoms with Crippen LogP contribution in [0.2, 0.25) is 0 Å². The Morgan fingerprint density at radius 2 is 2.23 bits per heavy atom. The Balaban J connectivity index is 2.21. The lowest BCUT2D eigenvalue weighted by atomic mass is 10.0. The van der Waals surface area contributed by atoms with Crippen LogP contribution in [0.4, 0.5) is 0 Å². The lowest BCUT2D eigenvalue weighted by Crippen LogP contribution is -2.16. The molecule has 0 spiro atoms. The lowest BCUT2D eigenvalue weighted by Gasteiger charge is -2.19. The first kappa shape index (κ1) is 15.8. The summed E-state index contributed by atoms with van der Waals surface area (Å²) in [6, 6.07) is 9.11. The van der Waals surface area contributed by atoms with E-state index in [2.05, 4.69) is 18.8 Å². The molecule has 0 aliphatic heterocycles. The van der Waals surface area contributed by atoms with Crippen molar-refractivity contribution in [3.63, 3.8) is 0 Å². The van der Waals surface area contributed by atoms with Gasteiger partial charge in [-0.25, -0.2) is 4.79 Å². The Labute approximate surface area is 130 Å². The van der Waals surface area contributed by atoms with E-state index in [0.717, 1.165) is 5.69 Å². The highest BCUT2D eigenvalue weighted by Gasteiger charge is 2.22. The molecule has 114 valence electrons. The molecule has 0 aliphatic rings. The topological polar surface area (TPSA) is 67.9 Å². The zero-order valence-electron chi connectivity index (χ0n) is 13.0. The number of esters is 1. The number of aromatic nitrogens is 2. The summed E-state index contributed by atoms with van der Waals surface area (Å²) < 4.78 is 7.24. The predicted octanol–water partition coefficient (Wildman–Crippen LogP) is 3.24. The second-order valence-electron chi connectivity index (χ2n) is 5.61. The van der Waals surface area contributed by atoms with Crippen LogP contribution in [0.15, 0.2) is 36.7 Å². The molecule has 2 aromatic heterocycles. The Hall–Kier alpha value is -2.61. The summed E-state index contributed by atoms with van der Waals surface area (Å²) in [6.07, 6.45) is 3.59. The number of carbonyl (C=O) groups excluding carboxylic acids is 1. The second-order valence-corrected chi connectivity index (χ2v) is 5.61. The van der Waals surface area contributed by atoms with Crippen molar-refractivity contribution in [3.05, 3.63) is 53.6 Å². The summed E-state index contributed by atoms with van der Waals surface area (Å²) in [7, 11) is 1.72. The number of hydrogen-bond acceptors (Lipinski definition) is 4. The standard InChI is InChI=1S/C17H19N3O2/c1-12(2)8-16(14-6-4-5-7-19-14)22-17(21)15-9-13(10-18)11-20(15)3/h4-7,9,11-12,16H,8H2,1-3H3/t16-/m1/s1. The maximum Gasteiger partial charge on any atom is 0.355 e. The smallest absolute Gasteiger partial charge is 0.355 e. The lowest BCUT2D eigenvalue weighted by molar-refractivity contribution is 0.0226. The molecule has 2 heterocycles. The van der Waals surface area contributed by atoms with Crippen molar-refractivity contribution in [1.29, 1.82) is 5.26 Å². The molecule has 0 unspecified atom stereocenters. The minimum absolute atomic E-state index is 0.362. The van der Waals surface area contributed by atoms with E-state index in [9.17, 15) is 4.79 Å². The molecule has 0 bridgehead atoms. The molecule has 1 atom stereocenters. The fourth-order valence-electron chi connectivity index (χ4n) is 2.24. The van der Waals surface area contributed by atoms with Gasteiger partial charge in [0.1, 0.15) is 17.9 Å². The van der Waals surface area contributed by atoms with Gasteiger partial charge in [-0.3, -0.25) is 4.98 Å². The van der Waals surface area contributed by atoms with E-state index >= 15 is 0 Å². The van der Waals surface area contributed by atoms with Crippen molar-refractivity contribution < 1.29 is 9.53 Å². The summed E-state index contributed by atoms with van der Waals surface area (Å²) in [5.41, 5.74) is 1.54. The van der Waals surface area contributed by atoms with Gasteiger partial charge in [0.05, 0.1) is 11.3 Å². The monoisotopic (exact) mass is 297 g/mol. The van der Waals surface area contributed by atoms with Crippen LogP contribution < -0.4 is 0 Å². The van der Waals surface area contributed by atoms with E-state index in [-0.39, 0.29) is 0 Å². The normalized spacial score (nSPS) is 12.0. The van der Waals surface area contributed by atoms with Crippen LogP contribution in [0.3, 0.4) is 0 Å². The summed E-state index contributed by atoms with van der Waals surface area (Å²) >= 11 is 0. The number of ether oxygens (including phenoxy) is 1. The highest BCUT2D eigenvalue weighted by molar-refractivity contribution is 5.88. The molecule has 0 amide bonds. The van der Waals surface area contributed by atoms with E-state index in [0.29, 0.717) is 23.6 Å². The quantitative estimate of drug-likeness (QED) is 0.794. The van der Waals surface area contributed by atoms with Gasteiger partial charge in [-0.2, -0.15) is 5.26 Å². The van der Waals surface area contributed by atoms with E-state index in [1.807, 2.05) is 24.3 Å². The van der Waals surface area contributed by atoms with Crippen molar-refractivity contribution in [2.45, 2.75) is 26.4 Å². The van der Waals surface area contributed by atoms with Gasteiger partial charge in [-0.05, 0) is 30.5 Å². The van der Waals surface area contributed by atoms with Crippen molar-refractivity contribution in [1.82, 2.24) is 9.55 Å². The largest absolute Gasteiger partial charge is 0.451 e. The highest BCUT2D eigenvalue weighted by atomic mass is 16.5. The van der Waals surface area contributed by atoms with Crippen LogP contribution in [-0.4, -0.2) is 15.5 Å². The molecule has 0 fully saturated rings. The van der Waals surface area contributed by atoms with Gasteiger partial charge in [0.2, 0.25) is 0 Å². The first-order chi connectivity index (χ1) is 10.5. The number of carbonyl (C=O) groups is 1. The first-order valence-electron chi connectivity index (χ1n) is 7.19. The number of aryl methyl sites for hydroxylation is 1. The summed E-state index contributed by atoms with van der Waals surface area (Å²) in [6.45, 7) is 4.14. The molecule has 0 saturated carbocycles. The number of nitrogens with zero attached hydrogens (tertiary/aromatic N) is 3. The number of nitriles is 1. The van der Waals surface area contributed by atoms with Crippen LogP contribution in [0, 0.1) is 17.2 Å². The van der Waals surface area contributed by atoms with Crippen LogP contribution in [0.5, 0.6) is 0 Å². The molecule has 0 N–H and O–H groups in total. The Morgan fingerprint density at radius 1 is 1.45 bits per heavy atom. The SMILES string of the molecule is CC(C)C[C@@H](OC(=O)c1cc(C#N)cn1C)c1ccccn1. The van der Waals surface area contributed by atoms with Gasteiger partial charge >= 0.3 is 5.97 Å². The highest BCUT2D eigenvalue weighted by Crippen LogP contribution is 2.25. The fourth-order valence-corrected chi connectivity index (χ4v) is 2.24. The van der Waals surface area contributed by atoms with Crippen molar-refractivity contribution in [3.8, 4) is 6.07 Å². The third-order valence-corrected chi connectivity index (χ3v) is 3.30. The molecule has 2 aromatic rings. The molecule has 5 nitrogen and oxygen atoms in total. The van der Waals surface area contributed by atoms with E-state index < -0.39 is 12.1 Å². The molecule has 5 heteroatoms. The zero-order chi connectivity index (χ0) is 16.1. The van der Waals surface area contributed by atoms with Crippen LogP contribution in [0.25, 0.3) is 0 Å². The van der Waals surface area contributed by atoms with Crippen LogP contribution >= 0.6 is 0 Å². The summed E-state index contributed by atoms with van der Waals surface area (Å²) in [5.74, 6) is -0.0804. The van der Waals surface area contributed by atoms with Crippen molar-refractivity contribution in [2.75, 3.05) is 0 Å². The van der Waals surface area contributed by atoms with Crippen molar-refractivity contribution >= 4 is 5.97 Å². The third-order valence-electron chi connectivity index (χ3n) is 3.30. The van der Waals surface area contributed by atoms with Gasteiger partial charge in [-0.1, -0.05) is 19.9 Å². The summed E-state index contributed by atoms with van der Waals surface area (Å²) in [5, 5.41) is 8.91. The van der Waals surface area contributed by atoms with E-state index in [4.69, 9.17) is 10.00 Å². The van der Waals surface area contributed by atoms with Crippen LogP contribution in [0.1, 0.15) is 48.1 Å². The minimum atomic E-state index is -0.444. The number of pyridine rings is 1. The maximum atomic E-state index is 12.4. The van der Waals surface area contributed by atoms with Gasteiger partial charge in [-0.15, -0.1) is 0 Å². The molecule has 2 rings (SSSR count). The Morgan fingerprint density at radius 3 is 2.77 bits per heavy atom. The molecule has 22 heavy (non-hydrogen) atoms. The molecule has 0 aromatic carbocycles. The molecular formula is C17H19N3O2.